The van der Waals surface area contributed by atoms with Crippen molar-refractivity contribution < 1.29 is 5.11 Å². The van der Waals surface area contributed by atoms with Gasteiger partial charge in [0.05, 0.1) is 6.10 Å². The monoisotopic (exact) mass is 256 g/mol. The van der Waals surface area contributed by atoms with Crippen LogP contribution in [0.15, 0.2) is 16.7 Å². The van der Waals surface area contributed by atoms with Gasteiger partial charge in [0.1, 0.15) is 5.82 Å². The van der Waals surface area contributed by atoms with Crippen LogP contribution in [0.1, 0.15) is 12.0 Å². The molecule has 0 spiro atoms. The summed E-state index contributed by atoms with van der Waals surface area (Å²) >= 11 is 3.42. The number of halogens is 1. The number of pyridine rings is 1. The number of aryl methyl sites for hydroxylation is 1. The van der Waals surface area contributed by atoms with Crippen molar-refractivity contribution in [2.45, 2.75) is 19.4 Å². The molecule has 0 bridgehead atoms. The Morgan fingerprint density at radius 1 is 1.64 bits per heavy atom. The maximum Gasteiger partial charge on any atom is 0.128 e. The van der Waals surface area contributed by atoms with Crippen molar-refractivity contribution in [1.82, 2.24) is 4.98 Å². The van der Waals surface area contributed by atoms with Crippen LogP contribution in [0.2, 0.25) is 0 Å². The lowest BCUT2D eigenvalue weighted by atomic mass is 10.3. The lowest BCUT2D eigenvalue weighted by molar-refractivity contribution is 0.198. The van der Waals surface area contributed by atoms with Crippen LogP contribution in [0, 0.1) is 6.92 Å². The third kappa shape index (κ3) is 1.91. The predicted octanol–water partition coefficient (Wildman–Crippen LogP) is 1.72. The minimum absolute atomic E-state index is 0.194. The average molecular weight is 257 g/mol. The van der Waals surface area contributed by atoms with E-state index in [1.54, 1.807) is 0 Å². The van der Waals surface area contributed by atoms with Crippen LogP contribution in [-0.4, -0.2) is 29.3 Å². The molecule has 1 aromatic rings. The van der Waals surface area contributed by atoms with E-state index in [9.17, 15) is 5.11 Å². The standard InChI is InChI=1S/C10H13BrN2O/c1-7-4-10(12-5-9(7)11)13-3-2-8(14)6-13/h4-5,8,14H,2-3,6H2,1H3/t8-/m1/s1. The van der Waals surface area contributed by atoms with Gasteiger partial charge < -0.3 is 10.0 Å². The highest BCUT2D eigenvalue weighted by Crippen LogP contribution is 2.22. The third-order valence-corrected chi connectivity index (χ3v) is 3.35. The molecule has 1 aliphatic heterocycles. The first-order valence-electron chi connectivity index (χ1n) is 4.72. The van der Waals surface area contributed by atoms with Crippen LogP contribution in [0.25, 0.3) is 0 Å². The summed E-state index contributed by atoms with van der Waals surface area (Å²) in [5.74, 6) is 0.960. The van der Waals surface area contributed by atoms with Gasteiger partial charge in [0.25, 0.3) is 0 Å². The maximum absolute atomic E-state index is 9.41. The number of aliphatic hydroxyl groups excluding tert-OH is 1. The van der Waals surface area contributed by atoms with Crippen molar-refractivity contribution in [2.75, 3.05) is 18.0 Å². The minimum atomic E-state index is -0.194. The highest BCUT2D eigenvalue weighted by atomic mass is 79.9. The van der Waals surface area contributed by atoms with E-state index in [1.165, 1.54) is 5.56 Å². The molecule has 0 aliphatic carbocycles. The fourth-order valence-corrected chi connectivity index (χ4v) is 1.86. The molecule has 2 rings (SSSR count). The zero-order valence-corrected chi connectivity index (χ0v) is 9.66. The first-order valence-corrected chi connectivity index (χ1v) is 5.51. The molecule has 0 unspecified atom stereocenters. The lowest BCUT2D eigenvalue weighted by Gasteiger charge is -2.17. The molecule has 1 saturated heterocycles. The van der Waals surface area contributed by atoms with Crippen LogP contribution in [0.3, 0.4) is 0 Å². The van der Waals surface area contributed by atoms with Gasteiger partial charge in [-0.05, 0) is 40.9 Å². The average Bonchev–Trinajstić information content (AvgIpc) is 2.57. The third-order valence-electron chi connectivity index (χ3n) is 2.52. The Bertz CT molecular complexity index is 343. The molecule has 1 atom stereocenters. The number of anilines is 1. The molecule has 4 heteroatoms. The smallest absolute Gasteiger partial charge is 0.128 e. The van der Waals surface area contributed by atoms with Crippen molar-refractivity contribution in [3.05, 3.63) is 22.3 Å². The summed E-state index contributed by atoms with van der Waals surface area (Å²) in [5, 5.41) is 9.41. The van der Waals surface area contributed by atoms with E-state index < -0.39 is 0 Å². The summed E-state index contributed by atoms with van der Waals surface area (Å²) in [6.07, 6.45) is 2.47. The molecule has 1 fully saturated rings. The quantitative estimate of drug-likeness (QED) is 0.832. The largest absolute Gasteiger partial charge is 0.391 e. The van der Waals surface area contributed by atoms with E-state index in [4.69, 9.17) is 0 Å². The van der Waals surface area contributed by atoms with Gasteiger partial charge in [-0.3, -0.25) is 0 Å². The van der Waals surface area contributed by atoms with Gasteiger partial charge in [-0.15, -0.1) is 0 Å². The number of aliphatic hydroxyl groups is 1. The fourth-order valence-electron chi connectivity index (χ4n) is 1.65. The minimum Gasteiger partial charge on any atom is -0.391 e. The Kier molecular flexibility index (Phi) is 2.74. The summed E-state index contributed by atoms with van der Waals surface area (Å²) in [7, 11) is 0. The lowest BCUT2D eigenvalue weighted by Crippen LogP contribution is -2.22. The molecule has 2 heterocycles. The number of hydrogen-bond acceptors (Lipinski definition) is 3. The van der Waals surface area contributed by atoms with Gasteiger partial charge in [0, 0.05) is 23.8 Å². The predicted molar refractivity (Wildman–Crippen MR) is 59.5 cm³/mol. The van der Waals surface area contributed by atoms with Gasteiger partial charge in [-0.25, -0.2) is 4.98 Å². The molecule has 76 valence electrons. The molecule has 0 aromatic carbocycles. The van der Waals surface area contributed by atoms with E-state index >= 15 is 0 Å². The maximum atomic E-state index is 9.41. The van der Waals surface area contributed by atoms with Crippen molar-refractivity contribution in [3.8, 4) is 0 Å². The number of aromatic nitrogens is 1. The second-order valence-electron chi connectivity index (χ2n) is 3.68. The zero-order valence-electron chi connectivity index (χ0n) is 8.07. The summed E-state index contributed by atoms with van der Waals surface area (Å²) < 4.78 is 1.03. The molecule has 0 radical (unpaired) electrons. The Balaban J connectivity index is 2.20. The van der Waals surface area contributed by atoms with Crippen LogP contribution in [0.5, 0.6) is 0 Å². The van der Waals surface area contributed by atoms with Crippen LogP contribution >= 0.6 is 15.9 Å². The SMILES string of the molecule is Cc1cc(N2CC[C@@H](O)C2)ncc1Br. The normalized spacial score (nSPS) is 21.6. The first kappa shape index (κ1) is 9.93. The van der Waals surface area contributed by atoms with E-state index in [1.807, 2.05) is 19.2 Å². The molecule has 1 aromatic heterocycles. The van der Waals surface area contributed by atoms with Crippen molar-refractivity contribution >= 4 is 21.7 Å². The van der Waals surface area contributed by atoms with Crippen molar-refractivity contribution in [2.24, 2.45) is 0 Å². The Morgan fingerprint density at radius 3 is 3.00 bits per heavy atom. The van der Waals surface area contributed by atoms with Crippen LogP contribution in [-0.2, 0) is 0 Å². The molecule has 0 amide bonds. The molecule has 1 aliphatic rings. The van der Waals surface area contributed by atoms with Gasteiger partial charge in [0.15, 0.2) is 0 Å². The highest BCUT2D eigenvalue weighted by Gasteiger charge is 2.21. The number of rotatable bonds is 1. The van der Waals surface area contributed by atoms with Gasteiger partial charge in [0.2, 0.25) is 0 Å². The van der Waals surface area contributed by atoms with E-state index in [0.29, 0.717) is 6.54 Å². The fraction of sp³-hybridized carbons (Fsp3) is 0.500. The summed E-state index contributed by atoms with van der Waals surface area (Å²) in [6, 6.07) is 2.04. The van der Waals surface area contributed by atoms with E-state index in [0.717, 1.165) is 23.3 Å². The van der Waals surface area contributed by atoms with Gasteiger partial charge in [-0.2, -0.15) is 0 Å². The number of β-amino-alcohol motifs (C(OH)–C–C–N with tert-alkyl or cyclic N) is 1. The molecule has 1 N–H and O–H groups in total. The zero-order chi connectivity index (χ0) is 10.1. The van der Waals surface area contributed by atoms with Crippen LogP contribution in [0.4, 0.5) is 5.82 Å². The number of hydrogen-bond donors (Lipinski definition) is 1. The second kappa shape index (κ2) is 3.87. The van der Waals surface area contributed by atoms with Gasteiger partial charge in [-0.1, -0.05) is 0 Å². The molecular formula is C10H13BrN2O. The van der Waals surface area contributed by atoms with Crippen LogP contribution < -0.4 is 4.90 Å². The summed E-state index contributed by atoms with van der Waals surface area (Å²) in [4.78, 5) is 6.44. The number of nitrogens with zero attached hydrogens (tertiary/aromatic N) is 2. The van der Waals surface area contributed by atoms with Crippen molar-refractivity contribution in [1.29, 1.82) is 0 Å². The molecule has 0 saturated carbocycles. The van der Waals surface area contributed by atoms with E-state index in [-0.39, 0.29) is 6.10 Å². The topological polar surface area (TPSA) is 36.4 Å². The summed E-state index contributed by atoms with van der Waals surface area (Å²) in [5.41, 5.74) is 1.18. The summed E-state index contributed by atoms with van der Waals surface area (Å²) in [6.45, 7) is 3.64. The van der Waals surface area contributed by atoms with Crippen molar-refractivity contribution in [3.63, 3.8) is 0 Å². The Hall–Kier alpha value is -0.610. The molecule has 3 nitrogen and oxygen atoms in total. The van der Waals surface area contributed by atoms with Gasteiger partial charge >= 0.3 is 0 Å². The molecular weight excluding hydrogens is 244 g/mol. The first-order chi connectivity index (χ1) is 6.66. The Morgan fingerprint density at radius 2 is 2.43 bits per heavy atom. The molecule has 14 heavy (non-hydrogen) atoms. The van der Waals surface area contributed by atoms with E-state index in [2.05, 4.69) is 25.8 Å². The highest BCUT2D eigenvalue weighted by molar-refractivity contribution is 9.10. The second-order valence-corrected chi connectivity index (χ2v) is 4.53. The Labute approximate surface area is 91.9 Å².